The lowest BCUT2D eigenvalue weighted by molar-refractivity contribution is -0.0509. The van der Waals surface area contributed by atoms with Crippen molar-refractivity contribution < 1.29 is 9.47 Å². The molecule has 116 valence electrons. The molecule has 1 aliphatic carbocycles. The molecule has 1 atom stereocenters. The maximum atomic E-state index is 6.31. The predicted molar refractivity (Wildman–Crippen MR) is 84.7 cm³/mol. The largest absolute Gasteiger partial charge is 0.491 e. The van der Waals surface area contributed by atoms with Crippen molar-refractivity contribution in [2.75, 3.05) is 13.2 Å². The molecule has 3 heteroatoms. The molecule has 0 amide bonds. The van der Waals surface area contributed by atoms with Crippen molar-refractivity contribution in [3.05, 3.63) is 29.3 Å². The third-order valence-electron chi connectivity index (χ3n) is 4.91. The minimum atomic E-state index is 0.196. The van der Waals surface area contributed by atoms with Gasteiger partial charge in [-0.3, -0.25) is 0 Å². The Bertz CT molecular complexity index is 480. The van der Waals surface area contributed by atoms with Crippen LogP contribution in [0, 0.1) is 6.92 Å². The van der Waals surface area contributed by atoms with E-state index < -0.39 is 0 Å². The number of hydrogen-bond acceptors (Lipinski definition) is 3. The molecule has 0 aromatic heterocycles. The van der Waals surface area contributed by atoms with Crippen LogP contribution in [0.15, 0.2) is 18.2 Å². The van der Waals surface area contributed by atoms with E-state index in [1.807, 2.05) is 0 Å². The van der Waals surface area contributed by atoms with Crippen LogP contribution < -0.4 is 10.5 Å². The lowest BCUT2D eigenvalue weighted by Crippen LogP contribution is -2.27. The minimum absolute atomic E-state index is 0.196. The summed E-state index contributed by atoms with van der Waals surface area (Å²) in [6.45, 7) is 3.43. The molecule has 2 fully saturated rings. The van der Waals surface area contributed by atoms with Crippen molar-refractivity contribution in [2.24, 2.45) is 5.73 Å². The Morgan fingerprint density at radius 1 is 1.29 bits per heavy atom. The van der Waals surface area contributed by atoms with Crippen molar-refractivity contribution in [3.8, 4) is 5.75 Å². The Labute approximate surface area is 127 Å². The first-order chi connectivity index (χ1) is 10.2. The molecule has 1 saturated heterocycles. The van der Waals surface area contributed by atoms with Gasteiger partial charge in [-0.25, -0.2) is 0 Å². The van der Waals surface area contributed by atoms with Gasteiger partial charge in [0.05, 0.1) is 11.7 Å². The Hall–Kier alpha value is -1.06. The summed E-state index contributed by atoms with van der Waals surface area (Å²) < 4.78 is 12.4. The summed E-state index contributed by atoms with van der Waals surface area (Å²) in [5.41, 5.74) is 8.36. The van der Waals surface area contributed by atoms with E-state index in [0.717, 1.165) is 18.6 Å². The van der Waals surface area contributed by atoms with E-state index in [1.54, 1.807) is 0 Å². The molecule has 1 heterocycles. The summed E-state index contributed by atoms with van der Waals surface area (Å²) in [6.07, 6.45) is 8.61. The van der Waals surface area contributed by atoms with E-state index in [9.17, 15) is 0 Å². The molecule has 1 aliphatic heterocycles. The number of aryl methyl sites for hydroxylation is 1. The van der Waals surface area contributed by atoms with E-state index in [1.165, 1.54) is 43.2 Å². The third kappa shape index (κ3) is 3.41. The van der Waals surface area contributed by atoms with Crippen LogP contribution in [0.5, 0.6) is 5.75 Å². The fourth-order valence-electron chi connectivity index (χ4n) is 3.78. The van der Waals surface area contributed by atoms with Crippen LogP contribution in [-0.4, -0.2) is 24.9 Å². The monoisotopic (exact) mass is 289 g/mol. The molecule has 1 unspecified atom stereocenters. The van der Waals surface area contributed by atoms with Crippen molar-refractivity contribution in [1.29, 1.82) is 0 Å². The van der Waals surface area contributed by atoms with Gasteiger partial charge in [-0.2, -0.15) is 0 Å². The molecule has 1 aromatic carbocycles. The van der Waals surface area contributed by atoms with E-state index >= 15 is 0 Å². The van der Waals surface area contributed by atoms with Gasteiger partial charge in [0.15, 0.2) is 0 Å². The van der Waals surface area contributed by atoms with Crippen molar-refractivity contribution >= 4 is 0 Å². The van der Waals surface area contributed by atoms with Gasteiger partial charge in [0.1, 0.15) is 12.4 Å². The molecule has 3 nitrogen and oxygen atoms in total. The van der Waals surface area contributed by atoms with Gasteiger partial charge in [0.25, 0.3) is 0 Å². The van der Waals surface area contributed by atoms with Crippen LogP contribution in [0.2, 0.25) is 0 Å². The maximum Gasteiger partial charge on any atom is 0.122 e. The number of hydrogen-bond donors (Lipinski definition) is 1. The zero-order valence-electron chi connectivity index (χ0n) is 13.1. The van der Waals surface area contributed by atoms with E-state index in [4.69, 9.17) is 15.2 Å². The maximum absolute atomic E-state index is 6.31. The van der Waals surface area contributed by atoms with Crippen molar-refractivity contribution in [2.45, 2.75) is 63.6 Å². The summed E-state index contributed by atoms with van der Waals surface area (Å²) in [6, 6.07) is 6.35. The van der Waals surface area contributed by atoms with Crippen LogP contribution in [0.4, 0.5) is 0 Å². The highest BCUT2D eigenvalue weighted by Crippen LogP contribution is 2.43. The van der Waals surface area contributed by atoms with Crippen LogP contribution in [-0.2, 0) is 11.2 Å². The number of rotatable bonds is 5. The Morgan fingerprint density at radius 2 is 2.10 bits per heavy atom. The van der Waals surface area contributed by atoms with Gasteiger partial charge in [0.2, 0.25) is 0 Å². The molecule has 1 aromatic rings. The molecule has 21 heavy (non-hydrogen) atoms. The summed E-state index contributed by atoms with van der Waals surface area (Å²) in [5.74, 6) is 0.974. The Balaban J connectivity index is 1.58. The molecular weight excluding hydrogens is 262 g/mol. The molecular formula is C18H27NO2. The van der Waals surface area contributed by atoms with Crippen LogP contribution >= 0.6 is 0 Å². The standard InChI is InChI=1S/C18H27NO2/c1-14-4-5-17(15(12-14)7-11-19)20-13-16-6-10-18(21-16)8-2-3-9-18/h4-5,12,16H,2-3,6-11,13,19H2,1H3. The molecule has 0 bridgehead atoms. The Kier molecular flexibility index (Phi) is 4.51. The normalized spacial score (nSPS) is 23.8. The second-order valence-corrected chi connectivity index (χ2v) is 6.63. The summed E-state index contributed by atoms with van der Waals surface area (Å²) in [7, 11) is 0. The Morgan fingerprint density at radius 3 is 2.86 bits per heavy atom. The first-order valence-corrected chi connectivity index (χ1v) is 8.31. The van der Waals surface area contributed by atoms with E-state index in [2.05, 4.69) is 25.1 Å². The zero-order valence-corrected chi connectivity index (χ0v) is 13.1. The first kappa shape index (κ1) is 14.9. The quantitative estimate of drug-likeness (QED) is 0.904. The fraction of sp³-hybridized carbons (Fsp3) is 0.667. The topological polar surface area (TPSA) is 44.5 Å². The van der Waals surface area contributed by atoms with Crippen molar-refractivity contribution in [1.82, 2.24) is 0 Å². The molecule has 3 rings (SSSR count). The lowest BCUT2D eigenvalue weighted by Gasteiger charge is -2.24. The second-order valence-electron chi connectivity index (χ2n) is 6.63. The smallest absolute Gasteiger partial charge is 0.122 e. The fourth-order valence-corrected chi connectivity index (χ4v) is 3.78. The van der Waals surface area contributed by atoms with Crippen LogP contribution in [0.25, 0.3) is 0 Å². The highest BCUT2D eigenvalue weighted by atomic mass is 16.6. The summed E-state index contributed by atoms with van der Waals surface area (Å²) in [5, 5.41) is 0. The highest BCUT2D eigenvalue weighted by Gasteiger charge is 2.42. The van der Waals surface area contributed by atoms with Crippen molar-refractivity contribution in [3.63, 3.8) is 0 Å². The molecule has 2 aliphatic rings. The molecule has 1 saturated carbocycles. The average Bonchev–Trinajstić information content (AvgIpc) is 3.09. The number of benzene rings is 1. The van der Waals surface area contributed by atoms with E-state index in [-0.39, 0.29) is 11.7 Å². The van der Waals surface area contributed by atoms with Gasteiger partial charge in [-0.1, -0.05) is 30.5 Å². The minimum Gasteiger partial charge on any atom is -0.491 e. The average molecular weight is 289 g/mol. The molecule has 1 spiro atoms. The first-order valence-electron chi connectivity index (χ1n) is 8.31. The predicted octanol–water partition coefficient (Wildman–Crippen LogP) is 3.37. The third-order valence-corrected chi connectivity index (χ3v) is 4.91. The number of nitrogens with two attached hydrogens (primary N) is 1. The molecule has 2 N–H and O–H groups in total. The summed E-state index contributed by atoms with van der Waals surface area (Å²) in [4.78, 5) is 0. The molecule has 0 radical (unpaired) electrons. The van der Waals surface area contributed by atoms with Gasteiger partial charge >= 0.3 is 0 Å². The SMILES string of the molecule is Cc1ccc(OCC2CCC3(CCCC3)O2)c(CCN)c1. The second kappa shape index (κ2) is 6.37. The van der Waals surface area contributed by atoms with Gasteiger partial charge in [-0.05, 0) is 57.2 Å². The van der Waals surface area contributed by atoms with Gasteiger partial charge in [0, 0.05) is 0 Å². The van der Waals surface area contributed by atoms with E-state index in [0.29, 0.717) is 13.2 Å². The van der Waals surface area contributed by atoms with Gasteiger partial charge < -0.3 is 15.2 Å². The van der Waals surface area contributed by atoms with Crippen LogP contribution in [0.3, 0.4) is 0 Å². The lowest BCUT2D eigenvalue weighted by atomic mass is 9.98. The summed E-state index contributed by atoms with van der Waals surface area (Å²) >= 11 is 0. The number of ether oxygens (including phenoxy) is 2. The van der Waals surface area contributed by atoms with Gasteiger partial charge in [-0.15, -0.1) is 0 Å². The highest BCUT2D eigenvalue weighted by molar-refractivity contribution is 5.37. The van der Waals surface area contributed by atoms with Crippen LogP contribution in [0.1, 0.15) is 49.7 Å². The zero-order chi connectivity index (χ0) is 14.7.